The molecule has 0 saturated heterocycles. The van der Waals surface area contributed by atoms with Crippen molar-refractivity contribution in [2.24, 2.45) is 0 Å². The van der Waals surface area contributed by atoms with Crippen molar-refractivity contribution >= 4 is 39.0 Å². The Hall–Kier alpha value is -7.42. The normalized spacial score (nSPS) is 14.1. The van der Waals surface area contributed by atoms with E-state index in [-0.39, 0.29) is 10.8 Å². The Balaban J connectivity index is 1.08. The fourth-order valence-corrected chi connectivity index (χ4v) is 10.8. The summed E-state index contributed by atoms with van der Waals surface area (Å²) in [7, 11) is 0. The van der Waals surface area contributed by atoms with Gasteiger partial charge in [0, 0.05) is 38.5 Å². The zero-order valence-corrected chi connectivity index (χ0v) is 35.4. The number of hydrogen-bond acceptors (Lipinski definition) is 2. The highest BCUT2D eigenvalue weighted by atomic mass is 16.3. The zero-order chi connectivity index (χ0) is 41.7. The molecule has 0 amide bonds. The van der Waals surface area contributed by atoms with Crippen molar-refractivity contribution in [1.82, 2.24) is 0 Å². The Bertz CT molecular complexity index is 3420. The van der Waals surface area contributed by atoms with Crippen LogP contribution in [-0.2, 0) is 10.8 Å². The van der Waals surface area contributed by atoms with Gasteiger partial charge in [0.25, 0.3) is 0 Å². The SMILES string of the molecule is CC1(C)c2ccccc2-c2cc(-c3cccc(N(c4cccc(-c5ccc6c(c5)C(C)(C)c5ccccc5-6)c4)c4ccc5oc6ccccc6c5c4)c3-c3ccccc3)ccc21. The molecule has 12 rings (SSSR count). The first-order valence-electron chi connectivity index (χ1n) is 21.8. The Morgan fingerprint density at radius 1 is 0.339 bits per heavy atom. The van der Waals surface area contributed by atoms with Crippen molar-refractivity contribution in [3.8, 4) is 55.6 Å². The third-order valence-electron chi connectivity index (χ3n) is 13.9. The summed E-state index contributed by atoms with van der Waals surface area (Å²) in [6.45, 7) is 9.41. The largest absolute Gasteiger partial charge is 0.456 e. The lowest BCUT2D eigenvalue weighted by atomic mass is 9.81. The first kappa shape index (κ1) is 36.4. The van der Waals surface area contributed by atoms with Gasteiger partial charge in [-0.25, -0.2) is 0 Å². The van der Waals surface area contributed by atoms with Crippen LogP contribution in [0.4, 0.5) is 17.1 Å². The molecule has 0 N–H and O–H groups in total. The van der Waals surface area contributed by atoms with Crippen LogP contribution in [0, 0.1) is 0 Å². The number of furan rings is 1. The van der Waals surface area contributed by atoms with Crippen molar-refractivity contribution in [2.45, 2.75) is 38.5 Å². The number of hydrogen-bond donors (Lipinski definition) is 0. The first-order valence-corrected chi connectivity index (χ1v) is 21.8. The maximum absolute atomic E-state index is 6.38. The van der Waals surface area contributed by atoms with E-state index >= 15 is 0 Å². The number of para-hydroxylation sites is 1. The number of benzene rings is 9. The van der Waals surface area contributed by atoms with Gasteiger partial charge in [0.05, 0.1) is 5.69 Å². The molecule has 9 aromatic carbocycles. The summed E-state index contributed by atoms with van der Waals surface area (Å²) in [5.41, 5.74) is 22.8. The van der Waals surface area contributed by atoms with Crippen molar-refractivity contribution in [2.75, 3.05) is 4.90 Å². The molecule has 2 aliphatic rings. The van der Waals surface area contributed by atoms with Gasteiger partial charge in [0.2, 0.25) is 0 Å². The van der Waals surface area contributed by atoms with E-state index in [1.807, 2.05) is 6.07 Å². The molecule has 10 aromatic rings. The maximum Gasteiger partial charge on any atom is 0.135 e. The summed E-state index contributed by atoms with van der Waals surface area (Å²) < 4.78 is 6.38. The highest BCUT2D eigenvalue weighted by molar-refractivity contribution is 6.07. The van der Waals surface area contributed by atoms with Gasteiger partial charge in [-0.2, -0.15) is 0 Å². The van der Waals surface area contributed by atoms with Gasteiger partial charge in [-0.15, -0.1) is 0 Å². The van der Waals surface area contributed by atoms with E-state index in [1.54, 1.807) is 0 Å². The molecule has 0 spiro atoms. The number of fused-ring (bicyclic) bond motifs is 9. The van der Waals surface area contributed by atoms with Crippen LogP contribution in [0.2, 0.25) is 0 Å². The van der Waals surface area contributed by atoms with Gasteiger partial charge in [0.15, 0.2) is 0 Å². The lowest BCUT2D eigenvalue weighted by Gasteiger charge is -2.30. The minimum absolute atomic E-state index is 0.0646. The third kappa shape index (κ3) is 5.43. The quantitative estimate of drug-likeness (QED) is 0.167. The summed E-state index contributed by atoms with van der Waals surface area (Å²) in [5, 5.41) is 2.20. The van der Waals surface area contributed by atoms with Crippen LogP contribution in [0.25, 0.3) is 77.6 Å². The monoisotopic (exact) mass is 795 g/mol. The van der Waals surface area contributed by atoms with Crippen LogP contribution in [0.15, 0.2) is 205 Å². The van der Waals surface area contributed by atoms with Gasteiger partial charge >= 0.3 is 0 Å². The summed E-state index contributed by atoms with van der Waals surface area (Å²) >= 11 is 0. The van der Waals surface area contributed by atoms with Crippen molar-refractivity contribution in [3.63, 3.8) is 0 Å². The second-order valence-electron chi connectivity index (χ2n) is 18.1. The number of nitrogens with zero attached hydrogens (tertiary/aromatic N) is 1. The molecule has 1 heterocycles. The van der Waals surface area contributed by atoms with Gasteiger partial charge < -0.3 is 9.32 Å². The molecule has 2 aliphatic carbocycles. The smallest absolute Gasteiger partial charge is 0.135 e. The average Bonchev–Trinajstić information content (AvgIpc) is 3.88. The van der Waals surface area contributed by atoms with Crippen LogP contribution >= 0.6 is 0 Å². The molecule has 62 heavy (non-hydrogen) atoms. The highest BCUT2D eigenvalue weighted by Gasteiger charge is 2.37. The van der Waals surface area contributed by atoms with Crippen molar-refractivity contribution in [1.29, 1.82) is 0 Å². The van der Waals surface area contributed by atoms with Crippen molar-refractivity contribution in [3.05, 3.63) is 222 Å². The summed E-state index contributed by atoms with van der Waals surface area (Å²) in [6.07, 6.45) is 0. The van der Waals surface area contributed by atoms with E-state index in [0.29, 0.717) is 0 Å². The molecule has 2 heteroatoms. The molecule has 0 radical (unpaired) electrons. The second-order valence-corrected chi connectivity index (χ2v) is 18.1. The maximum atomic E-state index is 6.38. The van der Waals surface area contributed by atoms with Gasteiger partial charge in [0.1, 0.15) is 11.2 Å². The second kappa shape index (κ2) is 13.5. The van der Waals surface area contributed by atoms with E-state index < -0.39 is 0 Å². The molecule has 0 saturated carbocycles. The molecule has 0 bridgehead atoms. The molecule has 0 aliphatic heterocycles. The number of rotatable bonds is 6. The lowest BCUT2D eigenvalue weighted by molar-refractivity contribution is 0.660. The molecular formula is C60H45NO. The zero-order valence-electron chi connectivity index (χ0n) is 35.4. The molecule has 0 unspecified atom stereocenters. The van der Waals surface area contributed by atoms with E-state index in [4.69, 9.17) is 4.42 Å². The molecule has 296 valence electrons. The van der Waals surface area contributed by atoms with Gasteiger partial charge in [-0.05, 0) is 127 Å². The summed E-state index contributed by atoms with van der Waals surface area (Å²) in [6, 6.07) is 73.8. The predicted molar refractivity (Wildman–Crippen MR) is 260 cm³/mol. The molecule has 0 fully saturated rings. The minimum atomic E-state index is -0.0885. The van der Waals surface area contributed by atoms with Crippen LogP contribution < -0.4 is 4.90 Å². The molecular weight excluding hydrogens is 751 g/mol. The Morgan fingerprint density at radius 2 is 0.919 bits per heavy atom. The average molecular weight is 796 g/mol. The predicted octanol–water partition coefficient (Wildman–Crippen LogP) is 16.7. The van der Waals surface area contributed by atoms with Crippen LogP contribution in [-0.4, -0.2) is 0 Å². The standard InChI is InChI=1S/C60H45NO/c1-59(2)52-25-12-9-21-46(52)49-35-41(29-32-53(49)59)44-23-15-26-55(58(44)38-16-6-5-7-17-38)61(43-30-33-57-50(37-43)48-22-10-13-27-56(48)62-57)42-19-14-18-39(34-42)40-28-31-47-45-20-8-11-24-51(45)60(3,4)54(47)36-40/h5-37H,1-4H3. The van der Waals surface area contributed by atoms with Crippen LogP contribution in [0.1, 0.15) is 49.9 Å². The van der Waals surface area contributed by atoms with E-state index in [9.17, 15) is 0 Å². The fourth-order valence-electron chi connectivity index (χ4n) is 10.8. The Labute approximate surface area is 363 Å². The molecule has 0 atom stereocenters. The Morgan fingerprint density at radius 3 is 1.74 bits per heavy atom. The number of anilines is 3. The van der Waals surface area contributed by atoms with E-state index in [2.05, 4.69) is 227 Å². The van der Waals surface area contributed by atoms with E-state index in [0.717, 1.165) is 44.6 Å². The fraction of sp³-hybridized carbons (Fsp3) is 0.100. The topological polar surface area (TPSA) is 16.4 Å². The first-order chi connectivity index (χ1) is 30.3. The third-order valence-corrected chi connectivity index (χ3v) is 13.9. The minimum Gasteiger partial charge on any atom is -0.456 e. The summed E-state index contributed by atoms with van der Waals surface area (Å²) in [4.78, 5) is 2.45. The lowest BCUT2D eigenvalue weighted by Crippen LogP contribution is -2.15. The van der Waals surface area contributed by atoms with Crippen molar-refractivity contribution < 1.29 is 4.42 Å². The summed E-state index contributed by atoms with van der Waals surface area (Å²) in [5.74, 6) is 0. The van der Waals surface area contributed by atoms with Gasteiger partial charge in [-0.1, -0.05) is 173 Å². The highest BCUT2D eigenvalue weighted by Crippen LogP contribution is 2.53. The molecule has 2 nitrogen and oxygen atoms in total. The van der Waals surface area contributed by atoms with Crippen LogP contribution in [0.3, 0.4) is 0 Å². The molecule has 1 aromatic heterocycles. The van der Waals surface area contributed by atoms with Gasteiger partial charge in [-0.3, -0.25) is 0 Å². The van der Waals surface area contributed by atoms with E-state index in [1.165, 1.54) is 72.3 Å². The Kier molecular flexibility index (Phi) is 7.96. The van der Waals surface area contributed by atoms with Crippen LogP contribution in [0.5, 0.6) is 0 Å².